The molecule has 18 heavy (non-hydrogen) atoms. The molecule has 1 aromatic rings. The van der Waals surface area contributed by atoms with Crippen LogP contribution in [0.4, 0.5) is 5.82 Å². The predicted octanol–water partition coefficient (Wildman–Crippen LogP) is 2.54. The van der Waals surface area contributed by atoms with Gasteiger partial charge < -0.3 is 5.32 Å². The van der Waals surface area contributed by atoms with Gasteiger partial charge in [0.2, 0.25) is 5.28 Å². The van der Waals surface area contributed by atoms with Crippen LogP contribution in [0.3, 0.4) is 0 Å². The van der Waals surface area contributed by atoms with E-state index in [1.807, 2.05) is 0 Å². The van der Waals surface area contributed by atoms with Crippen molar-refractivity contribution < 1.29 is 4.21 Å². The fourth-order valence-electron chi connectivity index (χ4n) is 2.82. The first-order valence-corrected chi connectivity index (χ1v) is 8.00. The van der Waals surface area contributed by atoms with Gasteiger partial charge >= 0.3 is 0 Å². The van der Waals surface area contributed by atoms with Crippen LogP contribution in [0.1, 0.15) is 38.3 Å². The summed E-state index contributed by atoms with van der Waals surface area (Å²) in [5, 5.41) is 3.71. The van der Waals surface area contributed by atoms with E-state index in [1.54, 1.807) is 0 Å². The van der Waals surface area contributed by atoms with Crippen LogP contribution in [-0.2, 0) is 17.2 Å². The summed E-state index contributed by atoms with van der Waals surface area (Å²) in [5.74, 6) is 1.32. The number of fused-ring (bicyclic) bond motifs is 1. The molecule has 0 aromatic carbocycles. The van der Waals surface area contributed by atoms with Crippen molar-refractivity contribution in [2.45, 2.75) is 49.5 Å². The molecule has 0 spiro atoms. The van der Waals surface area contributed by atoms with Gasteiger partial charge in [-0.1, -0.05) is 12.8 Å². The lowest BCUT2D eigenvalue weighted by Crippen LogP contribution is -2.32. The minimum absolute atomic E-state index is 0.0538. The van der Waals surface area contributed by atoms with Crippen LogP contribution in [-0.4, -0.2) is 25.5 Å². The number of aromatic nitrogens is 2. The molecule has 0 radical (unpaired) electrons. The first-order valence-electron chi connectivity index (χ1n) is 6.30. The van der Waals surface area contributed by atoms with Crippen LogP contribution in [0.2, 0.25) is 5.28 Å². The summed E-state index contributed by atoms with van der Waals surface area (Å²) in [5.41, 5.74) is 0.899. The lowest BCUT2D eigenvalue weighted by molar-refractivity contribution is 0.528. The van der Waals surface area contributed by atoms with Gasteiger partial charge in [-0.15, -0.1) is 0 Å². The molecule has 1 aliphatic heterocycles. The van der Waals surface area contributed by atoms with Crippen LogP contribution < -0.4 is 5.32 Å². The van der Waals surface area contributed by atoms with Gasteiger partial charge in [0, 0.05) is 17.7 Å². The Hall–Kier alpha value is -0.680. The number of aryl methyl sites for hydroxylation is 1. The molecule has 2 aliphatic rings. The lowest BCUT2D eigenvalue weighted by Gasteiger charge is -2.26. The van der Waals surface area contributed by atoms with Gasteiger partial charge in [-0.25, -0.2) is 4.98 Å². The number of rotatable bonds is 2. The molecule has 0 amide bonds. The molecule has 6 heteroatoms. The third-order valence-corrected chi connectivity index (χ3v) is 5.42. The molecule has 98 valence electrons. The van der Waals surface area contributed by atoms with Gasteiger partial charge in [0.05, 0.1) is 16.5 Å². The number of hydrogen-bond donors (Lipinski definition) is 1. The molecule has 2 heterocycles. The molecule has 1 unspecified atom stereocenters. The standard InChI is InChI=1S/C12H16ClN3OS/c1-12(5-2-3-6-12)16-10-9-8(4-7-18(9)17)14-11(13)15-10/h2-7H2,1H3,(H,14,15,16). The minimum Gasteiger partial charge on any atom is -0.364 e. The van der Waals surface area contributed by atoms with Crippen molar-refractivity contribution in [3.63, 3.8) is 0 Å². The van der Waals surface area contributed by atoms with Crippen LogP contribution in [0.15, 0.2) is 4.90 Å². The number of anilines is 1. The molecule has 1 atom stereocenters. The molecule has 1 aromatic heterocycles. The van der Waals surface area contributed by atoms with E-state index in [0.29, 0.717) is 11.6 Å². The Kier molecular flexibility index (Phi) is 3.06. The third kappa shape index (κ3) is 2.14. The van der Waals surface area contributed by atoms with Gasteiger partial charge in [0.25, 0.3) is 0 Å². The Morgan fingerprint density at radius 3 is 2.78 bits per heavy atom. The Bertz CT molecular complexity index is 514. The number of hydrogen-bond acceptors (Lipinski definition) is 4. The first-order chi connectivity index (χ1) is 8.57. The summed E-state index contributed by atoms with van der Waals surface area (Å²) in [6.07, 6.45) is 5.43. The zero-order chi connectivity index (χ0) is 12.8. The topological polar surface area (TPSA) is 54.9 Å². The van der Waals surface area contributed by atoms with Crippen molar-refractivity contribution in [2.24, 2.45) is 0 Å². The maximum absolute atomic E-state index is 12.0. The van der Waals surface area contributed by atoms with Crippen molar-refractivity contribution >= 4 is 28.2 Å². The van der Waals surface area contributed by atoms with Crippen molar-refractivity contribution in [1.29, 1.82) is 0 Å². The first kappa shape index (κ1) is 12.4. The summed E-state index contributed by atoms with van der Waals surface area (Å²) in [7, 11) is -0.982. The zero-order valence-corrected chi connectivity index (χ0v) is 11.9. The predicted molar refractivity (Wildman–Crippen MR) is 72.5 cm³/mol. The van der Waals surface area contributed by atoms with Gasteiger partial charge in [0.15, 0.2) is 0 Å². The van der Waals surface area contributed by atoms with E-state index >= 15 is 0 Å². The van der Waals surface area contributed by atoms with Crippen LogP contribution >= 0.6 is 11.6 Å². The zero-order valence-electron chi connectivity index (χ0n) is 10.3. The molecule has 1 fully saturated rings. The molecule has 0 bridgehead atoms. The third-order valence-electron chi connectivity index (χ3n) is 3.79. The SMILES string of the molecule is CC1(Nc2nc(Cl)nc3c2S(=O)CC3)CCCC1. The number of nitrogens with zero attached hydrogens (tertiary/aromatic N) is 2. The Balaban J connectivity index is 1.99. The molecule has 4 nitrogen and oxygen atoms in total. The summed E-state index contributed by atoms with van der Waals surface area (Å²) in [6, 6.07) is 0. The molecule has 0 saturated heterocycles. The summed E-state index contributed by atoms with van der Waals surface area (Å²) >= 11 is 5.95. The van der Waals surface area contributed by atoms with Crippen molar-refractivity contribution in [3.8, 4) is 0 Å². The van der Waals surface area contributed by atoms with Crippen LogP contribution in [0, 0.1) is 0 Å². The highest BCUT2D eigenvalue weighted by Crippen LogP contribution is 2.36. The minimum atomic E-state index is -0.982. The van der Waals surface area contributed by atoms with E-state index in [4.69, 9.17) is 11.6 Å². The van der Waals surface area contributed by atoms with Gasteiger partial charge in [-0.2, -0.15) is 4.98 Å². The van der Waals surface area contributed by atoms with Crippen molar-refractivity contribution in [2.75, 3.05) is 11.1 Å². The van der Waals surface area contributed by atoms with Gasteiger partial charge in [-0.05, 0) is 31.4 Å². The fraction of sp³-hybridized carbons (Fsp3) is 0.667. The highest BCUT2D eigenvalue weighted by Gasteiger charge is 2.32. The Labute approximate surface area is 114 Å². The molecule has 1 saturated carbocycles. The maximum atomic E-state index is 12.0. The highest BCUT2D eigenvalue weighted by molar-refractivity contribution is 7.85. The summed E-state index contributed by atoms with van der Waals surface area (Å²) in [4.78, 5) is 9.21. The van der Waals surface area contributed by atoms with E-state index in [2.05, 4.69) is 22.2 Å². The second kappa shape index (κ2) is 4.46. The average Bonchev–Trinajstić information content (AvgIpc) is 2.86. The van der Waals surface area contributed by atoms with Gasteiger partial charge in [-0.3, -0.25) is 4.21 Å². The number of halogens is 1. The second-order valence-corrected chi connectivity index (χ2v) is 7.16. The van der Waals surface area contributed by atoms with Crippen LogP contribution in [0.25, 0.3) is 0 Å². The van der Waals surface area contributed by atoms with E-state index in [1.165, 1.54) is 12.8 Å². The fourth-order valence-corrected chi connectivity index (χ4v) is 4.31. The molecule has 3 rings (SSSR count). The van der Waals surface area contributed by atoms with E-state index in [9.17, 15) is 4.21 Å². The maximum Gasteiger partial charge on any atom is 0.224 e. The van der Waals surface area contributed by atoms with E-state index in [-0.39, 0.29) is 10.8 Å². The normalized spacial score (nSPS) is 25.1. The van der Waals surface area contributed by atoms with E-state index in [0.717, 1.165) is 29.9 Å². The average molecular weight is 286 g/mol. The number of nitrogens with one attached hydrogen (secondary N) is 1. The van der Waals surface area contributed by atoms with Gasteiger partial charge in [0.1, 0.15) is 10.7 Å². The highest BCUT2D eigenvalue weighted by atomic mass is 35.5. The molecular formula is C12H16ClN3OS. The Morgan fingerprint density at radius 2 is 2.06 bits per heavy atom. The smallest absolute Gasteiger partial charge is 0.224 e. The summed E-state index contributed by atoms with van der Waals surface area (Å²) in [6.45, 7) is 2.19. The molecular weight excluding hydrogens is 270 g/mol. The summed E-state index contributed by atoms with van der Waals surface area (Å²) < 4.78 is 12.0. The van der Waals surface area contributed by atoms with E-state index < -0.39 is 10.8 Å². The van der Waals surface area contributed by atoms with Crippen molar-refractivity contribution in [3.05, 3.63) is 11.0 Å². The Morgan fingerprint density at radius 1 is 1.33 bits per heavy atom. The molecule has 1 aliphatic carbocycles. The quantitative estimate of drug-likeness (QED) is 0.849. The second-order valence-electron chi connectivity index (χ2n) is 5.31. The van der Waals surface area contributed by atoms with Crippen LogP contribution in [0.5, 0.6) is 0 Å². The molecule has 1 N–H and O–H groups in total. The largest absolute Gasteiger partial charge is 0.364 e. The monoisotopic (exact) mass is 285 g/mol. The van der Waals surface area contributed by atoms with Crippen molar-refractivity contribution in [1.82, 2.24) is 9.97 Å². The lowest BCUT2D eigenvalue weighted by atomic mass is 10.0.